The molecular weight excluding hydrogens is 142 g/mol. The Labute approximate surface area is 53.1 Å². The zero-order chi connectivity index (χ0) is 6.91. The summed E-state index contributed by atoms with van der Waals surface area (Å²) in [5, 5.41) is 10.9. The van der Waals surface area contributed by atoms with Crippen LogP contribution in [0.2, 0.25) is 0 Å². The Balaban J connectivity index is 2.81. The van der Waals surface area contributed by atoms with Gasteiger partial charge in [-0.1, -0.05) is 5.16 Å². The molecule has 4 nitrogen and oxygen atoms in total. The van der Waals surface area contributed by atoms with Gasteiger partial charge in [-0.2, -0.15) is 0 Å². The summed E-state index contributed by atoms with van der Waals surface area (Å²) in [5.41, 5.74) is 0.370. The Morgan fingerprint density at radius 2 is 2.22 bits per heavy atom. The van der Waals surface area contributed by atoms with Crippen molar-refractivity contribution in [3.63, 3.8) is 0 Å². The SMILES string of the molecule is O=S1(=O)CC/C(=N\O)C1. The molecule has 1 N–H and O–H groups in total. The van der Waals surface area contributed by atoms with Crippen LogP contribution in [-0.4, -0.2) is 30.8 Å². The van der Waals surface area contributed by atoms with E-state index < -0.39 is 9.84 Å². The first-order valence-electron chi connectivity index (χ1n) is 2.54. The van der Waals surface area contributed by atoms with Crippen molar-refractivity contribution >= 4 is 15.5 Å². The summed E-state index contributed by atoms with van der Waals surface area (Å²) in [4.78, 5) is 0. The minimum atomic E-state index is -2.90. The molecule has 0 bridgehead atoms. The van der Waals surface area contributed by atoms with Gasteiger partial charge in [0.2, 0.25) is 0 Å². The highest BCUT2D eigenvalue weighted by Crippen LogP contribution is 2.06. The van der Waals surface area contributed by atoms with E-state index in [0.29, 0.717) is 12.1 Å². The maximum absolute atomic E-state index is 10.6. The molecule has 0 radical (unpaired) electrons. The van der Waals surface area contributed by atoms with Crippen LogP contribution in [0.4, 0.5) is 0 Å². The maximum atomic E-state index is 10.6. The molecule has 5 heteroatoms. The topological polar surface area (TPSA) is 66.7 Å². The molecule has 0 aliphatic carbocycles. The van der Waals surface area contributed by atoms with Crippen LogP contribution in [0.1, 0.15) is 6.42 Å². The second-order valence-electron chi connectivity index (χ2n) is 2.01. The van der Waals surface area contributed by atoms with Crippen LogP contribution in [0.25, 0.3) is 0 Å². The molecule has 1 rings (SSSR count). The van der Waals surface area contributed by atoms with Gasteiger partial charge in [-0.15, -0.1) is 0 Å². The molecule has 52 valence electrons. The van der Waals surface area contributed by atoms with Crippen LogP contribution in [0, 0.1) is 0 Å². The Hall–Kier alpha value is -0.580. The smallest absolute Gasteiger partial charge is 0.156 e. The van der Waals surface area contributed by atoms with Gasteiger partial charge in [0.05, 0.1) is 17.2 Å². The number of rotatable bonds is 0. The van der Waals surface area contributed by atoms with Gasteiger partial charge in [0, 0.05) is 6.42 Å². The highest BCUT2D eigenvalue weighted by atomic mass is 32.2. The molecule has 1 saturated heterocycles. The van der Waals surface area contributed by atoms with E-state index >= 15 is 0 Å². The first kappa shape index (κ1) is 6.54. The monoisotopic (exact) mass is 149 g/mol. The second-order valence-corrected chi connectivity index (χ2v) is 4.19. The van der Waals surface area contributed by atoms with Crippen LogP contribution in [0.5, 0.6) is 0 Å². The van der Waals surface area contributed by atoms with Crippen molar-refractivity contribution in [3.05, 3.63) is 0 Å². The first-order chi connectivity index (χ1) is 4.14. The molecule has 9 heavy (non-hydrogen) atoms. The standard InChI is InChI=1S/C4H7NO3S/c6-5-4-1-2-9(7,8)3-4/h6H,1-3H2/b5-4+. The van der Waals surface area contributed by atoms with E-state index in [0.717, 1.165) is 0 Å². The molecule has 1 aliphatic heterocycles. The first-order valence-corrected chi connectivity index (χ1v) is 4.36. The molecule has 1 fully saturated rings. The zero-order valence-electron chi connectivity index (χ0n) is 4.74. The molecule has 0 amide bonds. The van der Waals surface area contributed by atoms with Gasteiger partial charge in [-0.25, -0.2) is 8.42 Å². The number of hydrogen-bond donors (Lipinski definition) is 1. The summed E-state index contributed by atoms with van der Waals surface area (Å²) in [7, 11) is -2.90. The quantitative estimate of drug-likeness (QED) is 0.377. The largest absolute Gasteiger partial charge is 0.411 e. The van der Waals surface area contributed by atoms with Gasteiger partial charge in [0.25, 0.3) is 0 Å². The van der Waals surface area contributed by atoms with Crippen molar-refractivity contribution in [2.24, 2.45) is 5.16 Å². The van der Waals surface area contributed by atoms with Crippen LogP contribution >= 0.6 is 0 Å². The van der Waals surface area contributed by atoms with E-state index in [1.807, 2.05) is 0 Å². The Kier molecular flexibility index (Phi) is 1.44. The van der Waals surface area contributed by atoms with Crippen LogP contribution in [0.15, 0.2) is 5.16 Å². The van der Waals surface area contributed by atoms with Gasteiger partial charge in [0.15, 0.2) is 9.84 Å². The molecule has 0 aromatic heterocycles. The summed E-state index contributed by atoms with van der Waals surface area (Å²) in [5.74, 6) is 0.0654. The van der Waals surface area contributed by atoms with Crippen LogP contribution in [-0.2, 0) is 9.84 Å². The third kappa shape index (κ3) is 1.41. The zero-order valence-corrected chi connectivity index (χ0v) is 5.56. The lowest BCUT2D eigenvalue weighted by Gasteiger charge is -1.83. The van der Waals surface area contributed by atoms with E-state index in [4.69, 9.17) is 5.21 Å². The third-order valence-electron chi connectivity index (χ3n) is 1.23. The summed E-state index contributed by atoms with van der Waals surface area (Å²) in [6, 6.07) is 0. The third-order valence-corrected chi connectivity index (χ3v) is 2.83. The fourth-order valence-electron chi connectivity index (χ4n) is 0.750. The average molecular weight is 149 g/mol. The van der Waals surface area contributed by atoms with E-state index in [9.17, 15) is 8.42 Å². The predicted molar refractivity (Wildman–Crippen MR) is 32.5 cm³/mol. The van der Waals surface area contributed by atoms with E-state index in [2.05, 4.69) is 5.16 Å². The van der Waals surface area contributed by atoms with E-state index in [1.165, 1.54) is 0 Å². The second kappa shape index (κ2) is 1.98. The lowest BCUT2D eigenvalue weighted by atomic mass is 10.3. The lowest BCUT2D eigenvalue weighted by molar-refractivity contribution is 0.318. The van der Waals surface area contributed by atoms with Gasteiger partial charge in [0.1, 0.15) is 0 Å². The summed E-state index contributed by atoms with van der Waals surface area (Å²) < 4.78 is 21.2. The highest BCUT2D eigenvalue weighted by molar-refractivity contribution is 7.92. The Bertz CT molecular complexity index is 228. The van der Waals surface area contributed by atoms with Crippen LogP contribution < -0.4 is 0 Å². The normalized spacial score (nSPS) is 29.1. The molecule has 0 saturated carbocycles. The van der Waals surface area contributed by atoms with Crippen molar-refractivity contribution < 1.29 is 13.6 Å². The maximum Gasteiger partial charge on any atom is 0.156 e. The van der Waals surface area contributed by atoms with Gasteiger partial charge in [-0.3, -0.25) is 0 Å². The van der Waals surface area contributed by atoms with Gasteiger partial charge in [-0.05, 0) is 0 Å². The molecule has 0 atom stereocenters. The molecule has 1 heterocycles. The highest BCUT2D eigenvalue weighted by Gasteiger charge is 2.23. The Morgan fingerprint density at radius 3 is 2.44 bits per heavy atom. The number of hydrogen-bond acceptors (Lipinski definition) is 4. The molecule has 0 aromatic rings. The Morgan fingerprint density at radius 1 is 1.56 bits per heavy atom. The fourth-order valence-corrected chi connectivity index (χ4v) is 2.15. The number of nitrogens with zero attached hydrogens (tertiary/aromatic N) is 1. The number of oxime groups is 1. The molecule has 0 spiro atoms. The van der Waals surface area contributed by atoms with Gasteiger partial charge >= 0.3 is 0 Å². The molecular formula is C4H7NO3S. The lowest BCUT2D eigenvalue weighted by Crippen LogP contribution is -2.03. The van der Waals surface area contributed by atoms with Crippen molar-refractivity contribution in [1.29, 1.82) is 0 Å². The predicted octanol–water partition coefficient (Wildman–Crippen LogP) is -0.365. The van der Waals surface area contributed by atoms with Crippen molar-refractivity contribution in [2.45, 2.75) is 6.42 Å². The number of sulfone groups is 1. The minimum absolute atomic E-state index is 0.0660. The summed E-state index contributed by atoms with van der Waals surface area (Å²) in [6.45, 7) is 0. The fraction of sp³-hybridized carbons (Fsp3) is 0.750. The average Bonchev–Trinajstić information content (AvgIpc) is 2.10. The molecule has 1 aliphatic rings. The van der Waals surface area contributed by atoms with E-state index in [-0.39, 0.29) is 11.5 Å². The van der Waals surface area contributed by atoms with Crippen molar-refractivity contribution in [1.82, 2.24) is 0 Å². The van der Waals surface area contributed by atoms with Crippen LogP contribution in [0.3, 0.4) is 0 Å². The minimum Gasteiger partial charge on any atom is -0.411 e. The molecule has 0 unspecified atom stereocenters. The van der Waals surface area contributed by atoms with E-state index in [1.54, 1.807) is 0 Å². The molecule has 0 aromatic carbocycles. The van der Waals surface area contributed by atoms with Gasteiger partial charge < -0.3 is 5.21 Å². The summed E-state index contributed by atoms with van der Waals surface area (Å²) >= 11 is 0. The van der Waals surface area contributed by atoms with Crippen molar-refractivity contribution in [2.75, 3.05) is 11.5 Å². The van der Waals surface area contributed by atoms with Crippen molar-refractivity contribution in [3.8, 4) is 0 Å². The summed E-state index contributed by atoms with van der Waals surface area (Å²) in [6.07, 6.45) is 0.388.